The summed E-state index contributed by atoms with van der Waals surface area (Å²) in [5.74, 6) is 1.12. The largest absolute Gasteiger partial charge is 0.497 e. The summed E-state index contributed by atoms with van der Waals surface area (Å²) in [5.41, 5.74) is 1.10. The maximum absolute atomic E-state index is 12.3. The molecule has 0 bridgehead atoms. The summed E-state index contributed by atoms with van der Waals surface area (Å²) in [7, 11) is 3.73. The van der Waals surface area contributed by atoms with Crippen molar-refractivity contribution >= 4 is 5.91 Å². The van der Waals surface area contributed by atoms with Gasteiger partial charge in [-0.3, -0.25) is 4.79 Å². The molecule has 1 saturated heterocycles. The second-order valence-electron chi connectivity index (χ2n) is 5.60. The molecule has 0 saturated carbocycles. The molecule has 1 N–H and O–H groups in total. The summed E-state index contributed by atoms with van der Waals surface area (Å²) in [6.45, 7) is 3.98. The van der Waals surface area contributed by atoms with Crippen molar-refractivity contribution in [2.75, 3.05) is 27.2 Å². The van der Waals surface area contributed by atoms with Crippen LogP contribution in [0.1, 0.15) is 31.4 Å². The Morgan fingerprint density at radius 3 is 2.70 bits per heavy atom. The zero-order chi connectivity index (χ0) is 14.5. The van der Waals surface area contributed by atoms with E-state index < -0.39 is 0 Å². The van der Waals surface area contributed by atoms with Crippen LogP contribution in [0, 0.1) is 5.92 Å². The topological polar surface area (TPSA) is 41.6 Å². The SMILES string of the molecule is COc1ccc([C@H](C)NC(=O)[C@@H]2CCCN(C)C2)cc1. The van der Waals surface area contributed by atoms with Crippen molar-refractivity contribution in [3.8, 4) is 5.75 Å². The third kappa shape index (κ3) is 3.73. The van der Waals surface area contributed by atoms with E-state index in [1.54, 1.807) is 7.11 Å². The number of hydrogen-bond acceptors (Lipinski definition) is 3. The molecule has 1 heterocycles. The molecule has 0 radical (unpaired) electrons. The number of amides is 1. The third-order valence-electron chi connectivity index (χ3n) is 3.97. The summed E-state index contributed by atoms with van der Waals surface area (Å²) in [5, 5.41) is 3.12. The lowest BCUT2D eigenvalue weighted by atomic mass is 9.97. The van der Waals surface area contributed by atoms with E-state index in [4.69, 9.17) is 4.74 Å². The van der Waals surface area contributed by atoms with E-state index in [2.05, 4.69) is 17.3 Å². The van der Waals surface area contributed by atoms with Crippen LogP contribution < -0.4 is 10.1 Å². The average molecular weight is 276 g/mol. The van der Waals surface area contributed by atoms with Gasteiger partial charge in [-0.25, -0.2) is 0 Å². The van der Waals surface area contributed by atoms with Crippen LogP contribution in [-0.2, 0) is 4.79 Å². The van der Waals surface area contributed by atoms with E-state index in [1.165, 1.54) is 0 Å². The van der Waals surface area contributed by atoms with E-state index in [0.717, 1.165) is 37.2 Å². The Labute approximate surface area is 121 Å². The smallest absolute Gasteiger partial charge is 0.224 e. The number of benzene rings is 1. The van der Waals surface area contributed by atoms with Gasteiger partial charge in [0.1, 0.15) is 5.75 Å². The summed E-state index contributed by atoms with van der Waals surface area (Å²) in [6, 6.07) is 7.87. The average Bonchev–Trinajstić information content (AvgIpc) is 2.47. The first kappa shape index (κ1) is 14.9. The molecule has 1 amide bonds. The van der Waals surface area contributed by atoms with Crippen LogP contribution in [0.4, 0.5) is 0 Å². The highest BCUT2D eigenvalue weighted by Crippen LogP contribution is 2.20. The molecule has 1 aromatic carbocycles. The van der Waals surface area contributed by atoms with Gasteiger partial charge in [0, 0.05) is 6.54 Å². The highest BCUT2D eigenvalue weighted by molar-refractivity contribution is 5.79. The van der Waals surface area contributed by atoms with Gasteiger partial charge in [0.25, 0.3) is 0 Å². The Morgan fingerprint density at radius 1 is 1.40 bits per heavy atom. The van der Waals surface area contributed by atoms with Gasteiger partial charge >= 0.3 is 0 Å². The number of methoxy groups -OCH3 is 1. The van der Waals surface area contributed by atoms with Gasteiger partial charge in [-0.15, -0.1) is 0 Å². The second kappa shape index (κ2) is 6.75. The summed E-state index contributed by atoms with van der Waals surface area (Å²) < 4.78 is 5.14. The van der Waals surface area contributed by atoms with Crippen molar-refractivity contribution in [3.63, 3.8) is 0 Å². The van der Waals surface area contributed by atoms with Crippen molar-refractivity contribution in [2.45, 2.75) is 25.8 Å². The Morgan fingerprint density at radius 2 is 2.10 bits per heavy atom. The summed E-state index contributed by atoms with van der Waals surface area (Å²) in [6.07, 6.45) is 2.09. The fraction of sp³-hybridized carbons (Fsp3) is 0.562. The Kier molecular flexibility index (Phi) is 5.01. The highest BCUT2D eigenvalue weighted by atomic mass is 16.5. The maximum atomic E-state index is 12.3. The molecular weight excluding hydrogens is 252 g/mol. The molecule has 1 aliphatic rings. The Bertz CT molecular complexity index is 444. The number of carbonyl (C=O) groups is 1. The molecule has 2 atom stereocenters. The minimum Gasteiger partial charge on any atom is -0.497 e. The van der Waals surface area contributed by atoms with Crippen LogP contribution in [0.3, 0.4) is 0 Å². The monoisotopic (exact) mass is 276 g/mol. The predicted molar refractivity (Wildman–Crippen MR) is 79.8 cm³/mol. The molecule has 0 unspecified atom stereocenters. The number of likely N-dealkylation sites (tertiary alicyclic amines) is 1. The quantitative estimate of drug-likeness (QED) is 0.917. The molecule has 0 aliphatic carbocycles. The molecule has 4 heteroatoms. The van der Waals surface area contributed by atoms with Gasteiger partial charge < -0.3 is 15.0 Å². The van der Waals surface area contributed by atoms with Crippen molar-refractivity contribution in [1.82, 2.24) is 10.2 Å². The molecule has 110 valence electrons. The molecule has 0 aromatic heterocycles. The highest BCUT2D eigenvalue weighted by Gasteiger charge is 2.24. The molecule has 1 fully saturated rings. The van der Waals surface area contributed by atoms with Crippen molar-refractivity contribution in [2.24, 2.45) is 5.92 Å². The van der Waals surface area contributed by atoms with E-state index in [1.807, 2.05) is 31.2 Å². The van der Waals surface area contributed by atoms with E-state index in [9.17, 15) is 4.79 Å². The molecule has 0 spiro atoms. The van der Waals surface area contributed by atoms with Gasteiger partial charge in [-0.1, -0.05) is 12.1 Å². The minimum atomic E-state index is 0.0284. The number of ether oxygens (including phenoxy) is 1. The standard InChI is InChI=1S/C16H24N2O2/c1-12(13-6-8-15(20-3)9-7-13)17-16(19)14-5-4-10-18(2)11-14/h6-9,12,14H,4-5,10-11H2,1-3H3,(H,17,19)/t12-,14+/m0/s1. The third-order valence-corrected chi connectivity index (χ3v) is 3.97. The number of carbonyl (C=O) groups excluding carboxylic acids is 1. The molecule has 2 rings (SSSR count). The Balaban J connectivity index is 1.92. The number of rotatable bonds is 4. The van der Waals surface area contributed by atoms with Gasteiger partial charge in [-0.2, -0.15) is 0 Å². The predicted octanol–water partition coefficient (Wildman–Crippen LogP) is 2.21. The number of nitrogens with one attached hydrogen (secondary N) is 1. The van der Waals surface area contributed by atoms with Gasteiger partial charge in [-0.05, 0) is 51.1 Å². The fourth-order valence-electron chi connectivity index (χ4n) is 2.69. The summed E-state index contributed by atoms with van der Waals surface area (Å²) >= 11 is 0. The fourth-order valence-corrected chi connectivity index (χ4v) is 2.69. The van der Waals surface area contributed by atoms with Crippen LogP contribution in [0.5, 0.6) is 5.75 Å². The van der Waals surface area contributed by atoms with Crippen LogP contribution >= 0.6 is 0 Å². The normalized spacial score (nSPS) is 21.2. The second-order valence-corrected chi connectivity index (χ2v) is 5.60. The lowest BCUT2D eigenvalue weighted by Gasteiger charge is -2.29. The molecule has 20 heavy (non-hydrogen) atoms. The van der Waals surface area contributed by atoms with Crippen molar-refractivity contribution < 1.29 is 9.53 Å². The van der Waals surface area contributed by atoms with Gasteiger partial charge in [0.15, 0.2) is 0 Å². The number of piperidine rings is 1. The summed E-state index contributed by atoms with van der Waals surface area (Å²) in [4.78, 5) is 14.5. The zero-order valence-electron chi connectivity index (χ0n) is 12.6. The van der Waals surface area contributed by atoms with Crippen molar-refractivity contribution in [3.05, 3.63) is 29.8 Å². The molecule has 1 aromatic rings. The first-order valence-corrected chi connectivity index (χ1v) is 7.23. The zero-order valence-corrected chi connectivity index (χ0v) is 12.6. The maximum Gasteiger partial charge on any atom is 0.224 e. The van der Waals surface area contributed by atoms with Crippen molar-refractivity contribution in [1.29, 1.82) is 0 Å². The number of nitrogens with zero attached hydrogens (tertiary/aromatic N) is 1. The van der Waals surface area contributed by atoms with Crippen LogP contribution in [0.2, 0.25) is 0 Å². The Hall–Kier alpha value is -1.55. The van der Waals surface area contributed by atoms with Gasteiger partial charge in [0.2, 0.25) is 5.91 Å². The lowest BCUT2D eigenvalue weighted by molar-refractivity contribution is -0.127. The minimum absolute atomic E-state index is 0.0284. The van der Waals surface area contributed by atoms with E-state index in [0.29, 0.717) is 0 Å². The molecular formula is C16H24N2O2. The first-order valence-electron chi connectivity index (χ1n) is 7.23. The van der Waals surface area contributed by atoms with Crippen LogP contribution in [0.25, 0.3) is 0 Å². The molecule has 1 aliphatic heterocycles. The molecule has 4 nitrogen and oxygen atoms in total. The first-order chi connectivity index (χ1) is 9.60. The number of hydrogen-bond donors (Lipinski definition) is 1. The van der Waals surface area contributed by atoms with Crippen LogP contribution in [0.15, 0.2) is 24.3 Å². The van der Waals surface area contributed by atoms with Crippen LogP contribution in [-0.4, -0.2) is 38.1 Å². The van der Waals surface area contributed by atoms with E-state index >= 15 is 0 Å². The van der Waals surface area contributed by atoms with Gasteiger partial charge in [0.05, 0.1) is 19.1 Å². The lowest BCUT2D eigenvalue weighted by Crippen LogP contribution is -2.42. The van der Waals surface area contributed by atoms with E-state index in [-0.39, 0.29) is 17.9 Å².